The van der Waals surface area contributed by atoms with E-state index in [1.54, 1.807) is 28.4 Å². The van der Waals surface area contributed by atoms with E-state index < -0.39 is 0 Å². The maximum absolute atomic E-state index is 13.4. The Kier molecular flexibility index (Phi) is 4.54. The van der Waals surface area contributed by atoms with Crippen molar-refractivity contribution in [2.24, 2.45) is 0 Å². The van der Waals surface area contributed by atoms with Crippen molar-refractivity contribution in [1.29, 1.82) is 0 Å². The number of nitrogens with zero attached hydrogens (tertiary/aromatic N) is 2. The molecular weight excluding hydrogens is 419 g/mol. The topological polar surface area (TPSA) is 61.0 Å². The first-order valence-electron chi connectivity index (χ1n) is 8.15. The lowest BCUT2D eigenvalue weighted by Crippen LogP contribution is -2.44. The largest absolute Gasteiger partial charge is 0.322 e. The molecule has 0 fully saturated rings. The maximum Gasteiger partial charge on any atom is 0.322 e. The van der Waals surface area contributed by atoms with E-state index in [9.17, 15) is 9.18 Å². The summed E-state index contributed by atoms with van der Waals surface area (Å²) in [6.45, 7) is 2.49. The summed E-state index contributed by atoms with van der Waals surface area (Å²) >= 11 is 4.77. The number of thiophene rings is 1. The smallest absolute Gasteiger partial charge is 0.317 e. The molecule has 3 heterocycles. The highest BCUT2D eigenvalue weighted by molar-refractivity contribution is 9.10. The van der Waals surface area contributed by atoms with Crippen molar-refractivity contribution in [3.63, 3.8) is 0 Å². The fourth-order valence-corrected chi connectivity index (χ4v) is 4.25. The summed E-state index contributed by atoms with van der Waals surface area (Å²) in [6, 6.07) is 8.27. The fourth-order valence-electron chi connectivity index (χ4n) is 3.13. The number of nitrogens with one attached hydrogen (secondary N) is 2. The first-order valence-corrected chi connectivity index (χ1v) is 9.83. The highest BCUT2D eigenvalue weighted by Gasteiger charge is 2.31. The van der Waals surface area contributed by atoms with E-state index in [2.05, 4.69) is 31.4 Å². The van der Waals surface area contributed by atoms with Crippen LogP contribution in [0.5, 0.6) is 0 Å². The molecule has 0 saturated carbocycles. The minimum atomic E-state index is -0.363. The molecule has 2 aromatic heterocycles. The van der Waals surface area contributed by atoms with Gasteiger partial charge >= 0.3 is 6.03 Å². The number of carbonyl (C=O) groups excluding carboxylic acids is 1. The second kappa shape index (κ2) is 6.85. The minimum absolute atomic E-state index is 0.0306. The molecule has 1 aliphatic rings. The normalized spacial score (nSPS) is 16.4. The van der Waals surface area contributed by atoms with E-state index in [4.69, 9.17) is 0 Å². The Morgan fingerprint density at radius 1 is 1.46 bits per heavy atom. The second-order valence-corrected chi connectivity index (χ2v) is 8.05. The number of benzene rings is 1. The van der Waals surface area contributed by atoms with Crippen LogP contribution in [0, 0.1) is 5.82 Å². The Labute approximate surface area is 162 Å². The third-order valence-corrected chi connectivity index (χ3v) is 5.98. The zero-order valence-corrected chi connectivity index (χ0v) is 16.3. The highest BCUT2D eigenvalue weighted by atomic mass is 79.9. The van der Waals surface area contributed by atoms with Gasteiger partial charge in [0.2, 0.25) is 0 Å². The summed E-state index contributed by atoms with van der Waals surface area (Å²) in [6.07, 6.45) is 0.717. The molecule has 1 aliphatic heterocycles. The van der Waals surface area contributed by atoms with Crippen LogP contribution in [0.2, 0.25) is 0 Å². The van der Waals surface area contributed by atoms with Gasteiger partial charge < -0.3 is 10.2 Å². The molecule has 2 N–H and O–H groups in total. The van der Waals surface area contributed by atoms with Gasteiger partial charge in [-0.25, -0.2) is 9.18 Å². The number of H-pyrrole nitrogens is 1. The number of rotatable bonds is 2. The summed E-state index contributed by atoms with van der Waals surface area (Å²) in [7, 11) is 0. The average Bonchev–Trinajstić information content (AvgIpc) is 3.26. The van der Waals surface area contributed by atoms with Crippen molar-refractivity contribution in [2.45, 2.75) is 25.9 Å². The van der Waals surface area contributed by atoms with Crippen LogP contribution in [0.25, 0.3) is 10.6 Å². The summed E-state index contributed by atoms with van der Waals surface area (Å²) in [5, 5.41) is 12.4. The zero-order valence-electron chi connectivity index (χ0n) is 13.9. The molecule has 1 atom stereocenters. The van der Waals surface area contributed by atoms with Crippen LogP contribution in [0.1, 0.15) is 18.2 Å². The molecule has 26 heavy (non-hydrogen) atoms. The van der Waals surface area contributed by atoms with Crippen LogP contribution < -0.4 is 5.32 Å². The lowest BCUT2D eigenvalue weighted by Gasteiger charge is -2.33. The number of anilines is 1. The van der Waals surface area contributed by atoms with Crippen LogP contribution in [0.4, 0.5) is 14.9 Å². The van der Waals surface area contributed by atoms with Crippen molar-refractivity contribution >= 4 is 39.0 Å². The number of aromatic amines is 1. The average molecular weight is 435 g/mol. The predicted molar refractivity (Wildman–Crippen MR) is 104 cm³/mol. The van der Waals surface area contributed by atoms with E-state index in [1.165, 1.54) is 6.07 Å². The maximum atomic E-state index is 13.4. The SMILES string of the molecule is C[C@@H]1Cc2[nH]nc(-c3cccs3)c2CN1C(=O)Nc1ccc(F)c(Br)c1. The zero-order chi connectivity index (χ0) is 18.3. The Balaban J connectivity index is 1.57. The van der Waals surface area contributed by atoms with E-state index in [1.807, 2.05) is 24.4 Å². The van der Waals surface area contributed by atoms with E-state index >= 15 is 0 Å². The molecule has 3 aromatic rings. The number of halogens is 2. The second-order valence-electron chi connectivity index (χ2n) is 6.25. The van der Waals surface area contributed by atoms with Gasteiger partial charge in [0.05, 0.1) is 15.9 Å². The standard InChI is InChI=1S/C18H16BrFN4OS/c1-10-7-15-12(17(23-22-15)16-3-2-6-26-16)9-24(10)18(25)21-11-4-5-14(20)13(19)8-11/h2-6,8,10H,7,9H2,1H3,(H,21,25)(H,22,23)/t10-/m1/s1. The van der Waals surface area contributed by atoms with Crippen molar-refractivity contribution in [3.8, 4) is 10.6 Å². The van der Waals surface area contributed by atoms with Gasteiger partial charge in [-0.05, 0) is 52.5 Å². The van der Waals surface area contributed by atoms with Gasteiger partial charge in [0, 0.05) is 29.4 Å². The molecule has 0 spiro atoms. The molecule has 134 valence electrons. The Morgan fingerprint density at radius 2 is 2.31 bits per heavy atom. The third-order valence-electron chi connectivity index (χ3n) is 4.50. The number of hydrogen-bond acceptors (Lipinski definition) is 3. The molecule has 1 aromatic carbocycles. The van der Waals surface area contributed by atoms with Crippen LogP contribution in [-0.4, -0.2) is 27.2 Å². The molecule has 2 amide bonds. The van der Waals surface area contributed by atoms with Gasteiger partial charge in [-0.15, -0.1) is 11.3 Å². The van der Waals surface area contributed by atoms with Crippen LogP contribution >= 0.6 is 27.3 Å². The molecule has 0 radical (unpaired) electrons. The monoisotopic (exact) mass is 434 g/mol. The third kappa shape index (κ3) is 3.14. The number of fused-ring (bicyclic) bond motifs is 1. The van der Waals surface area contributed by atoms with Gasteiger partial charge in [-0.1, -0.05) is 6.07 Å². The molecular formula is C18H16BrFN4OS. The first kappa shape index (κ1) is 17.2. The minimum Gasteiger partial charge on any atom is -0.317 e. The Morgan fingerprint density at radius 3 is 3.04 bits per heavy atom. The number of urea groups is 1. The number of amides is 2. The molecule has 0 aliphatic carbocycles. The quantitative estimate of drug-likeness (QED) is 0.594. The van der Waals surface area contributed by atoms with Gasteiger partial charge in [0.25, 0.3) is 0 Å². The number of aromatic nitrogens is 2. The summed E-state index contributed by atoms with van der Waals surface area (Å²) in [5.74, 6) is -0.363. The van der Waals surface area contributed by atoms with Gasteiger partial charge in [-0.2, -0.15) is 5.10 Å². The van der Waals surface area contributed by atoms with Crippen molar-refractivity contribution in [1.82, 2.24) is 15.1 Å². The Hall–Kier alpha value is -2.19. The first-order chi connectivity index (χ1) is 12.5. The molecule has 5 nitrogen and oxygen atoms in total. The predicted octanol–water partition coefficient (Wildman–Crippen LogP) is 5.02. The van der Waals surface area contributed by atoms with E-state index in [0.717, 1.165) is 21.8 Å². The van der Waals surface area contributed by atoms with Crippen LogP contribution in [0.3, 0.4) is 0 Å². The van der Waals surface area contributed by atoms with Crippen LogP contribution in [-0.2, 0) is 13.0 Å². The molecule has 0 saturated heterocycles. The molecule has 0 unspecified atom stereocenters. The highest BCUT2D eigenvalue weighted by Crippen LogP contribution is 2.33. The fraction of sp³-hybridized carbons (Fsp3) is 0.222. The number of carbonyl (C=O) groups is 1. The van der Waals surface area contributed by atoms with Crippen molar-refractivity contribution < 1.29 is 9.18 Å². The molecule has 4 rings (SSSR count). The van der Waals surface area contributed by atoms with Gasteiger partial charge in [0.1, 0.15) is 11.5 Å². The molecule has 8 heteroatoms. The van der Waals surface area contributed by atoms with Crippen LogP contribution in [0.15, 0.2) is 40.2 Å². The van der Waals surface area contributed by atoms with Crippen molar-refractivity contribution in [2.75, 3.05) is 5.32 Å². The van der Waals surface area contributed by atoms with Crippen molar-refractivity contribution in [3.05, 3.63) is 57.3 Å². The molecule has 0 bridgehead atoms. The lowest BCUT2D eigenvalue weighted by atomic mass is 9.99. The van der Waals surface area contributed by atoms with Gasteiger partial charge in [-0.3, -0.25) is 5.10 Å². The summed E-state index contributed by atoms with van der Waals surface area (Å²) in [4.78, 5) is 15.6. The number of hydrogen-bond donors (Lipinski definition) is 2. The van der Waals surface area contributed by atoms with E-state index in [0.29, 0.717) is 23.1 Å². The Bertz CT molecular complexity index is 956. The van der Waals surface area contributed by atoms with Gasteiger partial charge in [0.15, 0.2) is 0 Å². The lowest BCUT2D eigenvalue weighted by molar-refractivity contribution is 0.182. The van der Waals surface area contributed by atoms with E-state index in [-0.39, 0.29) is 17.9 Å². The summed E-state index contributed by atoms with van der Waals surface area (Å²) in [5.41, 5.74) is 3.59. The summed E-state index contributed by atoms with van der Waals surface area (Å²) < 4.78 is 13.7.